The van der Waals surface area contributed by atoms with Crippen molar-refractivity contribution in [3.8, 4) is 5.75 Å². The zero-order valence-electron chi connectivity index (χ0n) is 27.2. The van der Waals surface area contributed by atoms with Crippen molar-refractivity contribution in [3.63, 3.8) is 0 Å². The van der Waals surface area contributed by atoms with Crippen LogP contribution in [0.5, 0.6) is 5.75 Å². The molecule has 45 heavy (non-hydrogen) atoms. The number of fused-ring (bicyclic) bond motifs is 1. The van der Waals surface area contributed by atoms with Crippen LogP contribution in [0.1, 0.15) is 65.7 Å². The monoisotopic (exact) mass is 652 g/mol. The van der Waals surface area contributed by atoms with E-state index < -0.39 is 21.0 Å². The molecule has 0 bridgehead atoms. The quantitative estimate of drug-likeness (QED) is 0.292. The number of anilines is 1. The molecule has 0 N–H and O–H groups in total. The number of piperidine rings is 3. The van der Waals surface area contributed by atoms with Crippen molar-refractivity contribution in [1.29, 1.82) is 0 Å². The molecule has 244 valence electrons. The largest absolute Gasteiger partial charge is 0.612 e. The SMILES string of the molecule is C[S+]([O-])c1ccc2ncc(S(=O)(=O)c3ccc(OC(C)(C)C)cc3)c(N3CCC(N4CCC(N5CCCCC5)CC4)CC3)c2c1. The minimum absolute atomic E-state index is 0.194. The van der Waals surface area contributed by atoms with E-state index >= 15 is 0 Å². The standard InChI is InChI=1S/C35H48N4O4S2/c1-35(2,3)43-28-8-11-30(12-9-28)45(41,42)33-25-36-32-13-10-29(44(4)40)24-31(32)34(33)39-22-16-27(17-23-39)38-20-14-26(15-21-38)37-18-6-5-7-19-37/h8-13,24-27H,5-7,14-23H2,1-4H3. The van der Waals surface area contributed by atoms with Crippen molar-refractivity contribution in [3.05, 3.63) is 48.7 Å². The molecule has 3 aliphatic rings. The third-order valence-electron chi connectivity index (χ3n) is 9.66. The van der Waals surface area contributed by atoms with Crippen molar-refractivity contribution in [2.45, 2.75) is 98.1 Å². The predicted octanol–water partition coefficient (Wildman–Crippen LogP) is 5.90. The van der Waals surface area contributed by atoms with Crippen LogP contribution in [0, 0.1) is 0 Å². The summed E-state index contributed by atoms with van der Waals surface area (Å²) in [6.45, 7) is 12.2. The summed E-state index contributed by atoms with van der Waals surface area (Å²) in [6, 6.07) is 13.4. The summed E-state index contributed by atoms with van der Waals surface area (Å²) < 4.78 is 46.9. The summed E-state index contributed by atoms with van der Waals surface area (Å²) in [5, 5.41) is 0.734. The summed E-state index contributed by atoms with van der Waals surface area (Å²) in [5.41, 5.74) is 0.987. The number of benzene rings is 2. The second-order valence-electron chi connectivity index (χ2n) is 13.9. The lowest BCUT2D eigenvalue weighted by atomic mass is 9.95. The number of hydrogen-bond donors (Lipinski definition) is 0. The second kappa shape index (κ2) is 13.4. The number of ether oxygens (including phenoxy) is 1. The Kier molecular flexibility index (Phi) is 9.69. The number of nitrogens with zero attached hydrogens (tertiary/aromatic N) is 4. The van der Waals surface area contributed by atoms with E-state index in [1.807, 2.05) is 39.0 Å². The van der Waals surface area contributed by atoms with Gasteiger partial charge in [-0.05, 0) is 133 Å². The Labute approximate surface area is 272 Å². The maximum Gasteiger partial charge on any atom is 0.210 e. The molecule has 3 fully saturated rings. The van der Waals surface area contributed by atoms with Crippen LogP contribution in [-0.4, -0.2) is 91.0 Å². The molecule has 1 atom stereocenters. The van der Waals surface area contributed by atoms with Gasteiger partial charge in [-0.25, -0.2) is 8.42 Å². The number of pyridine rings is 1. The molecule has 0 saturated carbocycles. The van der Waals surface area contributed by atoms with Crippen LogP contribution < -0.4 is 9.64 Å². The number of sulfone groups is 1. The van der Waals surface area contributed by atoms with Crippen molar-refractivity contribution in [2.75, 3.05) is 50.4 Å². The highest BCUT2D eigenvalue weighted by Gasteiger charge is 2.34. The molecular weight excluding hydrogens is 605 g/mol. The van der Waals surface area contributed by atoms with E-state index in [0.717, 1.165) is 50.4 Å². The molecule has 1 unspecified atom stereocenters. The summed E-state index contributed by atoms with van der Waals surface area (Å²) in [5.74, 6) is 0.621. The third kappa shape index (κ3) is 7.30. The van der Waals surface area contributed by atoms with Crippen LogP contribution in [0.2, 0.25) is 0 Å². The van der Waals surface area contributed by atoms with Crippen molar-refractivity contribution in [1.82, 2.24) is 14.8 Å². The molecule has 0 radical (unpaired) electrons. The van der Waals surface area contributed by atoms with Crippen LogP contribution in [0.4, 0.5) is 5.69 Å². The van der Waals surface area contributed by atoms with Crippen molar-refractivity contribution in [2.24, 2.45) is 0 Å². The molecule has 8 nitrogen and oxygen atoms in total. The van der Waals surface area contributed by atoms with Crippen molar-refractivity contribution < 1.29 is 17.7 Å². The highest BCUT2D eigenvalue weighted by Crippen LogP contribution is 2.39. The van der Waals surface area contributed by atoms with Gasteiger partial charge in [0.2, 0.25) is 9.84 Å². The van der Waals surface area contributed by atoms with Gasteiger partial charge in [0.05, 0.1) is 16.1 Å². The number of likely N-dealkylation sites (tertiary alicyclic amines) is 2. The Morgan fingerprint density at radius 2 is 1.44 bits per heavy atom. The third-order valence-corrected chi connectivity index (χ3v) is 12.3. The van der Waals surface area contributed by atoms with Gasteiger partial charge in [-0.3, -0.25) is 4.98 Å². The van der Waals surface area contributed by atoms with Crippen LogP contribution >= 0.6 is 0 Å². The van der Waals surface area contributed by atoms with Gasteiger partial charge in [-0.2, -0.15) is 0 Å². The van der Waals surface area contributed by atoms with E-state index in [9.17, 15) is 13.0 Å². The normalized spacial score (nSPS) is 20.9. The molecule has 0 aliphatic carbocycles. The maximum atomic E-state index is 14.2. The fraction of sp³-hybridized carbons (Fsp3) is 0.571. The van der Waals surface area contributed by atoms with Gasteiger partial charge in [0.25, 0.3) is 0 Å². The molecule has 2 aromatic carbocycles. The Morgan fingerprint density at radius 1 is 0.844 bits per heavy atom. The zero-order chi connectivity index (χ0) is 31.8. The molecule has 10 heteroatoms. The van der Waals surface area contributed by atoms with E-state index in [-0.39, 0.29) is 15.4 Å². The lowest BCUT2D eigenvalue weighted by Gasteiger charge is -2.45. The predicted molar refractivity (Wildman–Crippen MR) is 182 cm³/mol. The first-order valence-electron chi connectivity index (χ1n) is 16.5. The summed E-state index contributed by atoms with van der Waals surface area (Å²) >= 11 is -1.21. The zero-order valence-corrected chi connectivity index (χ0v) is 28.8. The highest BCUT2D eigenvalue weighted by atomic mass is 32.2. The first-order valence-corrected chi connectivity index (χ1v) is 19.6. The van der Waals surface area contributed by atoms with Crippen LogP contribution in [-0.2, 0) is 21.0 Å². The lowest BCUT2D eigenvalue weighted by molar-refractivity contribution is 0.0654. The van der Waals surface area contributed by atoms with Gasteiger partial charge >= 0.3 is 0 Å². The average Bonchev–Trinajstić information content (AvgIpc) is 3.04. The molecule has 0 amide bonds. The van der Waals surface area contributed by atoms with Gasteiger partial charge in [0.1, 0.15) is 22.5 Å². The van der Waals surface area contributed by atoms with Gasteiger partial charge in [0, 0.05) is 42.8 Å². The average molecular weight is 653 g/mol. The van der Waals surface area contributed by atoms with Gasteiger partial charge in [-0.1, -0.05) is 6.42 Å². The second-order valence-corrected chi connectivity index (χ2v) is 17.2. The molecule has 4 heterocycles. The number of hydrogen-bond acceptors (Lipinski definition) is 8. The fourth-order valence-corrected chi connectivity index (χ4v) is 9.34. The summed E-state index contributed by atoms with van der Waals surface area (Å²) in [4.78, 5) is 13.3. The summed E-state index contributed by atoms with van der Waals surface area (Å²) in [6.07, 6.45) is 11.7. The van der Waals surface area contributed by atoms with Crippen LogP contribution in [0.25, 0.3) is 10.9 Å². The molecule has 6 rings (SSSR count). The summed E-state index contributed by atoms with van der Waals surface area (Å²) in [7, 11) is -3.91. The van der Waals surface area contributed by atoms with E-state index in [1.54, 1.807) is 30.5 Å². The minimum atomic E-state index is -3.91. The lowest BCUT2D eigenvalue weighted by Crippen LogP contribution is -2.52. The van der Waals surface area contributed by atoms with E-state index in [4.69, 9.17) is 4.74 Å². The molecule has 3 saturated heterocycles. The van der Waals surface area contributed by atoms with Crippen LogP contribution in [0.3, 0.4) is 0 Å². The Morgan fingerprint density at radius 3 is 2.04 bits per heavy atom. The smallest absolute Gasteiger partial charge is 0.210 e. The highest BCUT2D eigenvalue weighted by molar-refractivity contribution is 7.91. The molecule has 1 aromatic heterocycles. The van der Waals surface area contributed by atoms with E-state index in [2.05, 4.69) is 19.7 Å². The maximum absolute atomic E-state index is 14.2. The topological polar surface area (TPSA) is 89.0 Å². The van der Waals surface area contributed by atoms with Crippen molar-refractivity contribution >= 4 is 37.6 Å². The molecule has 0 spiro atoms. The first kappa shape index (κ1) is 32.6. The Hall–Kier alpha value is -2.37. The number of aromatic nitrogens is 1. The first-order chi connectivity index (χ1) is 21.5. The van der Waals surface area contributed by atoms with Gasteiger partial charge in [0.15, 0.2) is 4.90 Å². The van der Waals surface area contributed by atoms with E-state index in [1.165, 1.54) is 51.4 Å². The molecule has 3 aliphatic heterocycles. The molecule has 3 aromatic rings. The Balaban J connectivity index is 1.25. The fourth-order valence-electron chi connectivity index (χ4n) is 7.36. The molecular formula is C35H48N4O4S2. The van der Waals surface area contributed by atoms with Gasteiger partial charge < -0.3 is 24.0 Å². The Bertz CT molecular complexity index is 1570. The van der Waals surface area contributed by atoms with E-state index in [0.29, 0.717) is 27.9 Å². The van der Waals surface area contributed by atoms with Gasteiger partial charge in [-0.15, -0.1) is 0 Å². The van der Waals surface area contributed by atoms with Crippen LogP contribution in [0.15, 0.2) is 63.3 Å². The number of rotatable bonds is 7. The minimum Gasteiger partial charge on any atom is -0.612 e.